The number of allylic oxidation sites excluding steroid dienone is 2. The zero-order valence-electron chi connectivity index (χ0n) is 18.4. The number of hydrogen-bond donors (Lipinski definition) is 3. The van der Waals surface area contributed by atoms with Gasteiger partial charge in [-0.05, 0) is 29.3 Å². The second-order valence-corrected chi connectivity index (χ2v) is 10.2. The summed E-state index contributed by atoms with van der Waals surface area (Å²) in [6.45, 7) is 0. The summed E-state index contributed by atoms with van der Waals surface area (Å²) >= 11 is 0. The van der Waals surface area contributed by atoms with Crippen LogP contribution < -0.4 is 10.0 Å². The lowest BCUT2D eigenvalue weighted by atomic mass is 9.72. The lowest BCUT2D eigenvalue weighted by Crippen LogP contribution is -2.75. The van der Waals surface area contributed by atoms with Crippen molar-refractivity contribution in [1.29, 1.82) is 0 Å². The molecule has 1 aliphatic carbocycles. The minimum absolute atomic E-state index is 0.103. The zero-order valence-corrected chi connectivity index (χ0v) is 19.2. The molecule has 1 unspecified atom stereocenters. The molecule has 2 aromatic rings. The van der Waals surface area contributed by atoms with Gasteiger partial charge in [0.05, 0.1) is 11.3 Å². The number of halogens is 7. The van der Waals surface area contributed by atoms with Crippen LogP contribution in [0.5, 0.6) is 0 Å². The van der Waals surface area contributed by atoms with Crippen LogP contribution in [0.1, 0.15) is 17.5 Å². The fraction of sp³-hybridized carbons (Fsp3) is 0.261. The van der Waals surface area contributed by atoms with Crippen LogP contribution in [0.15, 0.2) is 71.4 Å². The number of carbonyl (C=O) groups is 1. The molecule has 198 valence electrons. The minimum Gasteiger partial charge on any atom is -0.372 e. The number of amides is 1. The van der Waals surface area contributed by atoms with Gasteiger partial charge in [-0.1, -0.05) is 42.5 Å². The Morgan fingerprint density at radius 2 is 1.59 bits per heavy atom. The molecular formula is C23H17F7N2O4S. The summed E-state index contributed by atoms with van der Waals surface area (Å²) in [6, 6.07) is 9.95. The summed E-state index contributed by atoms with van der Waals surface area (Å²) in [6.07, 6.45) is -14.3. The number of nitrogens with one attached hydrogen (secondary N) is 2. The summed E-state index contributed by atoms with van der Waals surface area (Å²) in [5, 5.41) is 12.7. The fourth-order valence-electron chi connectivity index (χ4n) is 4.32. The highest BCUT2D eigenvalue weighted by molar-refractivity contribution is 7.89. The second-order valence-electron chi connectivity index (χ2n) is 8.52. The minimum atomic E-state index is -6.49. The van der Waals surface area contributed by atoms with Crippen LogP contribution in [0.3, 0.4) is 0 Å². The Kier molecular flexibility index (Phi) is 6.28. The molecule has 1 amide bonds. The first-order valence-electron chi connectivity index (χ1n) is 10.5. The molecule has 2 aromatic carbocycles. The van der Waals surface area contributed by atoms with Gasteiger partial charge in [-0.3, -0.25) is 4.79 Å². The summed E-state index contributed by atoms with van der Waals surface area (Å²) in [7, 11) is -5.26. The predicted octanol–water partition coefficient (Wildman–Crippen LogP) is 4.39. The standard InChI is InChI=1S/C23H17F7N2O4S/c24-17-12-20(21(34,22(25,26)27)23(28,29)30,9-8-16(17)13-4-2-1-3-5-13)32-37(35,36)15-6-7-18-14(10-15)11-19(33)31-18/h1-10,32,34H,11-12H2,(H,31,33). The molecule has 0 fully saturated rings. The Labute approximate surface area is 205 Å². The highest BCUT2D eigenvalue weighted by atomic mass is 32.2. The number of rotatable bonds is 5. The van der Waals surface area contributed by atoms with E-state index in [-0.39, 0.29) is 34.9 Å². The van der Waals surface area contributed by atoms with E-state index < -0.39 is 56.6 Å². The number of benzene rings is 2. The molecule has 1 atom stereocenters. The average molecular weight is 550 g/mol. The topological polar surface area (TPSA) is 95.5 Å². The SMILES string of the molecule is O=C1Cc2cc(S(=O)(=O)NC3(C(O)(C(F)(F)F)C(F)(F)F)C=CC(c4ccccc4)=C(F)C3)ccc2N1. The highest BCUT2D eigenvalue weighted by Gasteiger charge is 2.80. The predicted molar refractivity (Wildman–Crippen MR) is 117 cm³/mol. The smallest absolute Gasteiger partial charge is 0.372 e. The van der Waals surface area contributed by atoms with E-state index in [1.54, 1.807) is 6.07 Å². The van der Waals surface area contributed by atoms with Gasteiger partial charge in [-0.2, -0.15) is 31.1 Å². The van der Waals surface area contributed by atoms with Gasteiger partial charge in [-0.15, -0.1) is 0 Å². The van der Waals surface area contributed by atoms with E-state index in [1.807, 2.05) is 0 Å². The number of alkyl halides is 6. The zero-order chi connectivity index (χ0) is 27.4. The van der Waals surface area contributed by atoms with E-state index >= 15 is 4.39 Å². The molecule has 14 heteroatoms. The molecule has 0 aromatic heterocycles. The largest absolute Gasteiger partial charge is 0.428 e. The van der Waals surface area contributed by atoms with Gasteiger partial charge >= 0.3 is 12.4 Å². The summed E-state index contributed by atoms with van der Waals surface area (Å²) < 4.78 is 126. The van der Waals surface area contributed by atoms with Crippen molar-refractivity contribution < 1.29 is 49.1 Å². The van der Waals surface area contributed by atoms with Crippen LogP contribution in [0, 0.1) is 0 Å². The van der Waals surface area contributed by atoms with Crippen LogP contribution in [-0.2, 0) is 21.2 Å². The van der Waals surface area contributed by atoms with Gasteiger partial charge in [0.15, 0.2) is 0 Å². The number of aliphatic hydroxyl groups is 1. The molecule has 6 nitrogen and oxygen atoms in total. The van der Waals surface area contributed by atoms with Crippen LogP contribution >= 0.6 is 0 Å². The Balaban J connectivity index is 1.87. The molecular weight excluding hydrogens is 533 g/mol. The molecule has 0 saturated heterocycles. The van der Waals surface area contributed by atoms with Gasteiger partial charge in [0, 0.05) is 17.7 Å². The molecule has 4 rings (SSSR count). The van der Waals surface area contributed by atoms with E-state index in [1.165, 1.54) is 29.0 Å². The average Bonchev–Trinajstić information content (AvgIpc) is 3.16. The van der Waals surface area contributed by atoms with Crippen LogP contribution in [0.2, 0.25) is 0 Å². The third kappa shape index (κ3) is 4.42. The highest BCUT2D eigenvalue weighted by Crippen LogP contribution is 2.54. The summed E-state index contributed by atoms with van der Waals surface area (Å²) in [5.41, 5.74) is -9.64. The Morgan fingerprint density at radius 1 is 0.973 bits per heavy atom. The van der Waals surface area contributed by atoms with Crippen LogP contribution in [0.4, 0.5) is 36.4 Å². The molecule has 37 heavy (non-hydrogen) atoms. The van der Waals surface area contributed by atoms with Crippen molar-refractivity contribution >= 4 is 27.2 Å². The summed E-state index contributed by atoms with van der Waals surface area (Å²) in [4.78, 5) is 10.8. The maximum Gasteiger partial charge on any atom is 0.428 e. The lowest BCUT2D eigenvalue weighted by Gasteiger charge is -2.47. The van der Waals surface area contributed by atoms with Gasteiger partial charge in [0.2, 0.25) is 15.9 Å². The quantitative estimate of drug-likeness (QED) is 0.482. The third-order valence-corrected chi connectivity index (χ3v) is 7.65. The first-order chi connectivity index (χ1) is 17.0. The first-order valence-corrected chi connectivity index (χ1v) is 11.9. The number of anilines is 1. The van der Waals surface area contributed by atoms with Gasteiger partial charge in [0.1, 0.15) is 11.4 Å². The second kappa shape index (κ2) is 8.67. The van der Waals surface area contributed by atoms with Crippen molar-refractivity contribution in [2.75, 3.05) is 5.32 Å². The van der Waals surface area contributed by atoms with Gasteiger partial charge in [-0.25, -0.2) is 12.8 Å². The molecule has 0 bridgehead atoms. The van der Waals surface area contributed by atoms with Crippen molar-refractivity contribution in [3.8, 4) is 0 Å². The summed E-state index contributed by atoms with van der Waals surface area (Å²) in [5.74, 6) is -2.03. The van der Waals surface area contributed by atoms with Gasteiger partial charge in [0.25, 0.3) is 5.60 Å². The lowest BCUT2D eigenvalue weighted by molar-refractivity contribution is -0.384. The van der Waals surface area contributed by atoms with E-state index in [9.17, 15) is 44.7 Å². The van der Waals surface area contributed by atoms with E-state index in [0.29, 0.717) is 6.08 Å². The molecule has 1 heterocycles. The Hall–Kier alpha value is -3.23. The molecule has 1 aliphatic heterocycles. The van der Waals surface area contributed by atoms with Crippen molar-refractivity contribution in [2.24, 2.45) is 0 Å². The van der Waals surface area contributed by atoms with Crippen molar-refractivity contribution in [1.82, 2.24) is 4.72 Å². The molecule has 2 aliphatic rings. The fourth-order valence-corrected chi connectivity index (χ4v) is 5.75. The number of carbonyl (C=O) groups excluding carboxylic acids is 1. The Bertz CT molecular complexity index is 1400. The van der Waals surface area contributed by atoms with Crippen LogP contribution in [0.25, 0.3) is 5.57 Å². The van der Waals surface area contributed by atoms with E-state index in [2.05, 4.69) is 5.32 Å². The van der Waals surface area contributed by atoms with Crippen molar-refractivity contribution in [3.05, 3.63) is 77.6 Å². The number of hydrogen-bond acceptors (Lipinski definition) is 4. The third-order valence-electron chi connectivity index (χ3n) is 6.14. The molecule has 3 N–H and O–H groups in total. The normalized spacial score (nSPS) is 20.7. The first kappa shape index (κ1) is 26.8. The number of sulfonamides is 1. The van der Waals surface area contributed by atoms with E-state index in [4.69, 9.17) is 0 Å². The number of fused-ring (bicyclic) bond motifs is 1. The maximum atomic E-state index is 15.2. The van der Waals surface area contributed by atoms with E-state index in [0.717, 1.165) is 18.2 Å². The van der Waals surface area contributed by atoms with Crippen molar-refractivity contribution in [3.63, 3.8) is 0 Å². The molecule has 0 saturated carbocycles. The molecule has 0 radical (unpaired) electrons. The van der Waals surface area contributed by atoms with Crippen molar-refractivity contribution in [2.45, 2.75) is 41.2 Å². The van der Waals surface area contributed by atoms with Crippen LogP contribution in [-0.4, -0.2) is 42.9 Å². The van der Waals surface area contributed by atoms with Gasteiger partial charge < -0.3 is 10.4 Å². The maximum absolute atomic E-state index is 15.2. The molecule has 0 spiro atoms. The Morgan fingerprint density at radius 3 is 2.16 bits per heavy atom. The monoisotopic (exact) mass is 550 g/mol.